The lowest BCUT2D eigenvalue weighted by atomic mass is 10.1. The fourth-order valence-corrected chi connectivity index (χ4v) is 3.37. The molecule has 1 heterocycles. The van der Waals surface area contributed by atoms with Gasteiger partial charge in [-0.15, -0.1) is 0 Å². The molecular weight excluding hydrogens is 426 g/mol. The van der Waals surface area contributed by atoms with E-state index < -0.39 is 17.2 Å². The van der Waals surface area contributed by atoms with Crippen LogP contribution < -0.4 is 16.1 Å². The Balaban J connectivity index is 1.83. The number of halogens is 1. The summed E-state index contributed by atoms with van der Waals surface area (Å²) in [5, 5.41) is 6.16. The number of aromatic nitrogens is 1. The maximum absolute atomic E-state index is 13.0. The van der Waals surface area contributed by atoms with Crippen LogP contribution in [0.25, 0.3) is 0 Å². The Labute approximate surface area is 192 Å². The molecule has 0 spiro atoms. The van der Waals surface area contributed by atoms with Crippen molar-refractivity contribution >= 4 is 23.4 Å². The first kappa shape index (κ1) is 23.3. The minimum atomic E-state index is -0.587. The Hall–Kier alpha value is -3.38. The maximum atomic E-state index is 13.0. The standard InChI is InChI=1S/C25H26ClN3O3/c1-17(2)28-25(32)22-16-29(14-19-6-4-3-5-7-19)15-21(23(22)30)24(31)27-13-12-18-8-10-20(26)11-9-18/h3-11,15-17H,12-14H2,1-2H3,(H,27,31)(H,28,32). The zero-order valence-corrected chi connectivity index (χ0v) is 18.9. The monoisotopic (exact) mass is 451 g/mol. The average Bonchev–Trinajstić information content (AvgIpc) is 2.76. The zero-order valence-electron chi connectivity index (χ0n) is 18.1. The van der Waals surface area contributed by atoms with Gasteiger partial charge in [-0.25, -0.2) is 0 Å². The van der Waals surface area contributed by atoms with Gasteiger partial charge in [-0.1, -0.05) is 54.1 Å². The van der Waals surface area contributed by atoms with E-state index in [4.69, 9.17) is 11.6 Å². The molecule has 0 fully saturated rings. The van der Waals surface area contributed by atoms with Crippen molar-refractivity contribution in [3.63, 3.8) is 0 Å². The summed E-state index contributed by atoms with van der Waals surface area (Å²) in [5.41, 5.74) is 1.30. The number of hydrogen-bond donors (Lipinski definition) is 2. The summed E-state index contributed by atoms with van der Waals surface area (Å²) < 4.78 is 1.69. The van der Waals surface area contributed by atoms with Crippen molar-refractivity contribution in [3.8, 4) is 0 Å². The highest BCUT2D eigenvalue weighted by Crippen LogP contribution is 2.10. The summed E-state index contributed by atoms with van der Waals surface area (Å²) in [5.74, 6) is -1.01. The molecule has 0 aliphatic heterocycles. The van der Waals surface area contributed by atoms with E-state index in [1.807, 2.05) is 56.3 Å². The van der Waals surface area contributed by atoms with Gasteiger partial charge in [-0.3, -0.25) is 14.4 Å². The highest BCUT2D eigenvalue weighted by atomic mass is 35.5. The molecule has 3 rings (SSSR count). The van der Waals surface area contributed by atoms with Crippen molar-refractivity contribution < 1.29 is 9.59 Å². The van der Waals surface area contributed by atoms with Crippen molar-refractivity contribution in [1.82, 2.24) is 15.2 Å². The van der Waals surface area contributed by atoms with E-state index in [1.54, 1.807) is 16.7 Å². The fourth-order valence-electron chi connectivity index (χ4n) is 3.25. The van der Waals surface area contributed by atoms with E-state index in [1.165, 1.54) is 12.4 Å². The SMILES string of the molecule is CC(C)NC(=O)c1cn(Cc2ccccc2)cc(C(=O)NCCc2ccc(Cl)cc2)c1=O. The Bertz CT molecular complexity index is 1140. The number of carbonyl (C=O) groups is 2. The van der Waals surface area contributed by atoms with Gasteiger partial charge in [-0.05, 0) is 43.5 Å². The second-order valence-electron chi connectivity index (χ2n) is 7.83. The molecule has 0 saturated heterocycles. The number of benzene rings is 2. The van der Waals surface area contributed by atoms with Gasteiger partial charge >= 0.3 is 0 Å². The molecule has 0 bridgehead atoms. The van der Waals surface area contributed by atoms with Crippen LogP contribution in [0.15, 0.2) is 71.8 Å². The van der Waals surface area contributed by atoms with Crippen LogP contribution in [0, 0.1) is 0 Å². The first-order chi connectivity index (χ1) is 15.3. The summed E-state index contributed by atoms with van der Waals surface area (Å²) in [6, 6.07) is 16.8. The number of amides is 2. The molecule has 0 aliphatic carbocycles. The van der Waals surface area contributed by atoms with Crippen molar-refractivity contribution in [2.75, 3.05) is 6.54 Å². The van der Waals surface area contributed by atoms with E-state index in [-0.39, 0.29) is 17.2 Å². The third-order valence-corrected chi connectivity index (χ3v) is 5.06. The smallest absolute Gasteiger partial charge is 0.256 e. The number of rotatable bonds is 8. The zero-order chi connectivity index (χ0) is 23.1. The highest BCUT2D eigenvalue weighted by Gasteiger charge is 2.19. The maximum Gasteiger partial charge on any atom is 0.256 e. The molecule has 3 aromatic rings. The Kier molecular flexibility index (Phi) is 7.84. The second-order valence-corrected chi connectivity index (χ2v) is 8.27. The van der Waals surface area contributed by atoms with Gasteiger partial charge in [0.15, 0.2) is 0 Å². The summed E-state index contributed by atoms with van der Waals surface area (Å²) in [6.45, 7) is 4.40. The topological polar surface area (TPSA) is 80.2 Å². The predicted octanol–water partition coefficient (Wildman–Crippen LogP) is 3.66. The highest BCUT2D eigenvalue weighted by molar-refractivity contribution is 6.30. The molecule has 0 atom stereocenters. The van der Waals surface area contributed by atoms with Crippen molar-refractivity contribution in [2.24, 2.45) is 0 Å². The van der Waals surface area contributed by atoms with Gasteiger partial charge in [0.1, 0.15) is 11.1 Å². The summed E-state index contributed by atoms with van der Waals surface area (Å²) in [7, 11) is 0. The average molecular weight is 452 g/mol. The Morgan fingerprint density at radius 1 is 0.906 bits per heavy atom. The normalized spacial score (nSPS) is 10.8. The quantitative estimate of drug-likeness (QED) is 0.548. The van der Waals surface area contributed by atoms with Crippen LogP contribution in [0.1, 0.15) is 45.7 Å². The molecule has 2 amide bonds. The van der Waals surface area contributed by atoms with Gasteiger partial charge in [0, 0.05) is 36.5 Å². The third-order valence-electron chi connectivity index (χ3n) is 4.81. The minimum absolute atomic E-state index is 0.0556. The minimum Gasteiger partial charge on any atom is -0.352 e. The first-order valence-electron chi connectivity index (χ1n) is 10.4. The van der Waals surface area contributed by atoms with E-state index >= 15 is 0 Å². The Morgan fingerprint density at radius 2 is 1.53 bits per heavy atom. The lowest BCUT2D eigenvalue weighted by Crippen LogP contribution is -2.38. The van der Waals surface area contributed by atoms with Crippen LogP contribution in [0.3, 0.4) is 0 Å². The molecular formula is C25H26ClN3O3. The molecule has 2 aromatic carbocycles. The fraction of sp³-hybridized carbons (Fsp3) is 0.240. The van der Waals surface area contributed by atoms with Gasteiger partial charge < -0.3 is 15.2 Å². The van der Waals surface area contributed by atoms with Gasteiger partial charge in [0.05, 0.1) is 0 Å². The lowest BCUT2D eigenvalue weighted by Gasteiger charge is -2.14. The number of hydrogen-bond acceptors (Lipinski definition) is 3. The van der Waals surface area contributed by atoms with Crippen LogP contribution in [0.2, 0.25) is 5.02 Å². The molecule has 7 heteroatoms. The van der Waals surface area contributed by atoms with Crippen LogP contribution in [-0.2, 0) is 13.0 Å². The second kappa shape index (κ2) is 10.8. The summed E-state index contributed by atoms with van der Waals surface area (Å²) >= 11 is 5.90. The molecule has 0 radical (unpaired) electrons. The molecule has 166 valence electrons. The van der Waals surface area contributed by atoms with Crippen molar-refractivity contribution in [1.29, 1.82) is 0 Å². The van der Waals surface area contributed by atoms with Crippen molar-refractivity contribution in [3.05, 3.63) is 104 Å². The molecule has 32 heavy (non-hydrogen) atoms. The van der Waals surface area contributed by atoms with E-state index in [0.29, 0.717) is 24.5 Å². The molecule has 0 unspecified atom stereocenters. The summed E-state index contributed by atoms with van der Waals surface area (Å²) in [6.07, 6.45) is 3.59. The molecule has 0 aliphatic rings. The molecule has 6 nitrogen and oxygen atoms in total. The van der Waals surface area contributed by atoms with Crippen molar-refractivity contribution in [2.45, 2.75) is 32.9 Å². The molecule has 1 aromatic heterocycles. The molecule has 2 N–H and O–H groups in total. The van der Waals surface area contributed by atoms with Gasteiger partial charge in [-0.2, -0.15) is 0 Å². The van der Waals surface area contributed by atoms with Crippen LogP contribution in [0.5, 0.6) is 0 Å². The summed E-state index contributed by atoms with van der Waals surface area (Å²) in [4.78, 5) is 38.4. The third kappa shape index (κ3) is 6.31. The van der Waals surface area contributed by atoms with Crippen LogP contribution >= 0.6 is 11.6 Å². The predicted molar refractivity (Wildman–Crippen MR) is 126 cm³/mol. The van der Waals surface area contributed by atoms with Gasteiger partial charge in [0.2, 0.25) is 5.43 Å². The van der Waals surface area contributed by atoms with Crippen LogP contribution in [-0.4, -0.2) is 29.0 Å². The number of carbonyl (C=O) groups excluding carboxylic acids is 2. The van der Waals surface area contributed by atoms with Gasteiger partial charge in [0.25, 0.3) is 11.8 Å². The van der Waals surface area contributed by atoms with Crippen LogP contribution in [0.4, 0.5) is 0 Å². The van der Waals surface area contributed by atoms with E-state index in [9.17, 15) is 14.4 Å². The largest absolute Gasteiger partial charge is 0.352 e. The van der Waals surface area contributed by atoms with E-state index in [2.05, 4.69) is 10.6 Å². The number of nitrogens with one attached hydrogen (secondary N) is 2. The number of nitrogens with zero attached hydrogens (tertiary/aromatic N) is 1. The first-order valence-corrected chi connectivity index (χ1v) is 10.8. The van der Waals surface area contributed by atoms with E-state index in [0.717, 1.165) is 11.1 Å². The Morgan fingerprint density at radius 3 is 2.16 bits per heavy atom. The lowest BCUT2D eigenvalue weighted by molar-refractivity contribution is 0.0941. The number of pyridine rings is 1. The molecule has 0 saturated carbocycles.